The van der Waals surface area contributed by atoms with Crippen molar-refractivity contribution in [3.63, 3.8) is 0 Å². The van der Waals surface area contributed by atoms with Crippen molar-refractivity contribution in [2.75, 3.05) is 0 Å². The molecule has 0 aliphatic rings. The molecule has 0 spiro atoms. The molecule has 0 fully saturated rings. The van der Waals surface area contributed by atoms with Crippen LogP contribution in [0, 0.1) is 5.92 Å². The molecular weight excluding hydrogens is 488 g/mol. The number of hydrogen-bond donors (Lipinski definition) is 2. The van der Waals surface area contributed by atoms with Gasteiger partial charge in [0.25, 0.3) is 0 Å². The Labute approximate surface area is 242 Å². The predicted molar refractivity (Wildman–Crippen MR) is 165 cm³/mol. The number of carbonyl (C=O) groups excluding carboxylic acids is 1. The van der Waals surface area contributed by atoms with Gasteiger partial charge >= 0.3 is 11.9 Å². The highest BCUT2D eigenvalue weighted by Crippen LogP contribution is 2.19. The summed E-state index contributed by atoms with van der Waals surface area (Å²) in [4.78, 5) is 31.6. The lowest BCUT2D eigenvalue weighted by molar-refractivity contribution is -0.142. The third-order valence-corrected chi connectivity index (χ3v) is 7.62. The van der Waals surface area contributed by atoms with Crippen LogP contribution in [-0.4, -0.2) is 28.4 Å². The normalized spacial score (nSPS) is 11.5. The quantitative estimate of drug-likeness (QED) is 0.0680. The molecule has 0 amide bonds. The molecule has 0 heterocycles. The van der Waals surface area contributed by atoms with Crippen LogP contribution in [0.1, 0.15) is 194 Å². The van der Waals surface area contributed by atoms with E-state index in [0.717, 1.165) is 57.7 Å². The van der Waals surface area contributed by atoms with Gasteiger partial charge in [-0.15, -0.1) is 0 Å². The average Bonchev–Trinajstić information content (AvgIpc) is 2.91. The highest BCUT2D eigenvalue weighted by Gasteiger charge is 2.16. The molecule has 0 aromatic rings. The van der Waals surface area contributed by atoms with Crippen LogP contribution in [-0.2, 0) is 14.4 Å². The summed E-state index contributed by atoms with van der Waals surface area (Å²) in [5, 5.41) is 17.6. The second-order valence-corrected chi connectivity index (χ2v) is 11.5. The summed E-state index contributed by atoms with van der Waals surface area (Å²) in [6, 6.07) is 0. The van der Waals surface area contributed by atoms with Crippen LogP contribution in [0.5, 0.6) is 0 Å². The minimum Gasteiger partial charge on any atom is -0.481 e. The summed E-state index contributed by atoms with van der Waals surface area (Å²) in [5.74, 6) is -1.36. The van der Waals surface area contributed by atoms with Gasteiger partial charge in [-0.1, -0.05) is 155 Å². The van der Waals surface area contributed by atoms with E-state index in [0.29, 0.717) is 6.42 Å². The standard InChI is InChI=1S/C26H50O3.C8H16O2/c1-2-3-4-19-22-25(26(28)29)23-20-17-15-13-11-9-7-5-6-8-10-12-14-16-18-21-24-27;1-2-3-4-5-6-7-8(9)10/h24-25H,2-23H2,1H3,(H,28,29);2-7H2,1H3,(H,9,10). The van der Waals surface area contributed by atoms with Gasteiger partial charge in [-0.2, -0.15) is 0 Å². The maximum absolute atomic E-state index is 11.4. The molecule has 5 nitrogen and oxygen atoms in total. The Morgan fingerprint density at radius 2 is 0.846 bits per heavy atom. The van der Waals surface area contributed by atoms with Crippen molar-refractivity contribution >= 4 is 18.2 Å². The molecule has 5 heteroatoms. The molecule has 39 heavy (non-hydrogen) atoms. The Bertz CT molecular complexity index is 520. The molecule has 0 saturated heterocycles. The summed E-state index contributed by atoms with van der Waals surface area (Å²) in [5.41, 5.74) is 0. The van der Waals surface area contributed by atoms with E-state index in [4.69, 9.17) is 5.11 Å². The Hall–Kier alpha value is -1.39. The first-order chi connectivity index (χ1) is 19.0. The minimum absolute atomic E-state index is 0.108. The molecule has 2 N–H and O–H groups in total. The first kappa shape index (κ1) is 39.8. The number of aliphatic carboxylic acids is 2. The fourth-order valence-corrected chi connectivity index (χ4v) is 5.01. The van der Waals surface area contributed by atoms with E-state index in [2.05, 4.69) is 13.8 Å². The Morgan fingerprint density at radius 1 is 0.513 bits per heavy atom. The Kier molecular flexibility index (Phi) is 35.3. The van der Waals surface area contributed by atoms with E-state index in [9.17, 15) is 19.5 Å². The third-order valence-electron chi connectivity index (χ3n) is 7.62. The van der Waals surface area contributed by atoms with Crippen molar-refractivity contribution < 1.29 is 24.6 Å². The topological polar surface area (TPSA) is 91.7 Å². The van der Waals surface area contributed by atoms with Gasteiger partial charge in [-0.25, -0.2) is 0 Å². The van der Waals surface area contributed by atoms with Crippen molar-refractivity contribution in [2.24, 2.45) is 5.92 Å². The Balaban J connectivity index is 0. The van der Waals surface area contributed by atoms with E-state index in [1.165, 1.54) is 122 Å². The smallest absolute Gasteiger partial charge is 0.306 e. The van der Waals surface area contributed by atoms with Crippen LogP contribution >= 0.6 is 0 Å². The van der Waals surface area contributed by atoms with E-state index < -0.39 is 11.9 Å². The lowest BCUT2D eigenvalue weighted by Crippen LogP contribution is -2.13. The van der Waals surface area contributed by atoms with Gasteiger partial charge in [0.05, 0.1) is 5.92 Å². The molecular formula is C34H66O5. The number of aldehydes is 1. The zero-order valence-electron chi connectivity index (χ0n) is 26.1. The van der Waals surface area contributed by atoms with Crippen molar-refractivity contribution in [2.45, 2.75) is 194 Å². The van der Waals surface area contributed by atoms with Crippen LogP contribution in [0.4, 0.5) is 0 Å². The Morgan fingerprint density at radius 3 is 1.21 bits per heavy atom. The molecule has 0 aromatic carbocycles. The molecule has 1 unspecified atom stereocenters. The van der Waals surface area contributed by atoms with Gasteiger partial charge in [0, 0.05) is 12.8 Å². The van der Waals surface area contributed by atoms with Gasteiger partial charge < -0.3 is 15.0 Å². The zero-order chi connectivity index (χ0) is 29.2. The zero-order valence-corrected chi connectivity index (χ0v) is 26.1. The average molecular weight is 555 g/mol. The molecule has 0 radical (unpaired) electrons. The lowest BCUT2D eigenvalue weighted by Gasteiger charge is -2.12. The van der Waals surface area contributed by atoms with Gasteiger partial charge in [0.15, 0.2) is 0 Å². The van der Waals surface area contributed by atoms with Crippen molar-refractivity contribution in [1.29, 1.82) is 0 Å². The van der Waals surface area contributed by atoms with E-state index in [1.807, 2.05) is 0 Å². The third kappa shape index (κ3) is 36.6. The molecule has 232 valence electrons. The van der Waals surface area contributed by atoms with Crippen LogP contribution in [0.15, 0.2) is 0 Å². The second-order valence-electron chi connectivity index (χ2n) is 11.5. The largest absolute Gasteiger partial charge is 0.481 e. The first-order valence-electron chi connectivity index (χ1n) is 16.9. The van der Waals surface area contributed by atoms with E-state index in [1.54, 1.807) is 0 Å². The van der Waals surface area contributed by atoms with E-state index in [-0.39, 0.29) is 5.92 Å². The molecule has 1 atom stereocenters. The maximum atomic E-state index is 11.4. The number of carbonyl (C=O) groups is 3. The molecule has 0 aliphatic heterocycles. The first-order valence-corrected chi connectivity index (χ1v) is 16.9. The van der Waals surface area contributed by atoms with Gasteiger partial charge in [-0.05, 0) is 25.7 Å². The number of carboxylic acid groups (broad SMARTS) is 2. The predicted octanol–water partition coefficient (Wildman–Crippen LogP) is 10.9. The van der Waals surface area contributed by atoms with Crippen LogP contribution in [0.25, 0.3) is 0 Å². The number of hydrogen-bond acceptors (Lipinski definition) is 3. The van der Waals surface area contributed by atoms with Crippen LogP contribution in [0.2, 0.25) is 0 Å². The molecule has 0 aliphatic carbocycles. The van der Waals surface area contributed by atoms with Gasteiger partial charge in [0.1, 0.15) is 6.29 Å². The summed E-state index contributed by atoms with van der Waals surface area (Å²) in [6.07, 6.45) is 33.4. The lowest BCUT2D eigenvalue weighted by atomic mass is 9.94. The molecule has 0 rings (SSSR count). The highest BCUT2D eigenvalue weighted by atomic mass is 16.4. The highest BCUT2D eigenvalue weighted by molar-refractivity contribution is 5.69. The van der Waals surface area contributed by atoms with Crippen molar-refractivity contribution in [3.05, 3.63) is 0 Å². The summed E-state index contributed by atoms with van der Waals surface area (Å²) < 4.78 is 0. The maximum Gasteiger partial charge on any atom is 0.306 e. The number of carboxylic acids is 2. The van der Waals surface area contributed by atoms with Crippen LogP contribution in [0.3, 0.4) is 0 Å². The summed E-state index contributed by atoms with van der Waals surface area (Å²) >= 11 is 0. The van der Waals surface area contributed by atoms with Crippen molar-refractivity contribution in [1.82, 2.24) is 0 Å². The van der Waals surface area contributed by atoms with Crippen molar-refractivity contribution in [3.8, 4) is 0 Å². The number of unbranched alkanes of at least 4 members (excludes halogenated alkanes) is 22. The number of rotatable bonds is 30. The SMILES string of the molecule is CCCCCCC(CCCCCCCCCCCCCCCCCC=O)C(=O)O.CCCCCCCC(=O)O. The summed E-state index contributed by atoms with van der Waals surface area (Å²) in [6.45, 7) is 4.34. The van der Waals surface area contributed by atoms with Crippen LogP contribution < -0.4 is 0 Å². The summed E-state index contributed by atoms with van der Waals surface area (Å²) in [7, 11) is 0. The molecule has 0 bridgehead atoms. The van der Waals surface area contributed by atoms with Gasteiger partial charge in [-0.3, -0.25) is 9.59 Å². The molecule has 0 saturated carbocycles. The fourth-order valence-electron chi connectivity index (χ4n) is 5.01. The van der Waals surface area contributed by atoms with E-state index >= 15 is 0 Å². The minimum atomic E-state index is -0.670. The molecule has 0 aromatic heterocycles. The second kappa shape index (κ2) is 34.6. The monoisotopic (exact) mass is 554 g/mol. The fraction of sp³-hybridized carbons (Fsp3) is 0.912. The van der Waals surface area contributed by atoms with Gasteiger partial charge in [0.2, 0.25) is 0 Å².